The molecule has 0 saturated heterocycles. The van der Waals surface area contributed by atoms with Crippen molar-refractivity contribution in [1.29, 1.82) is 0 Å². The van der Waals surface area contributed by atoms with Gasteiger partial charge in [0.25, 0.3) is 5.56 Å². The molecule has 0 bridgehead atoms. The normalized spacial score (nSPS) is 11.1. The molecule has 0 spiro atoms. The van der Waals surface area contributed by atoms with E-state index >= 15 is 0 Å². The SMILES string of the molecule is CCOC(=O)CCn1cnc2sc(C(=O)OCC(C)C)c(C)c2c1=O. The van der Waals surface area contributed by atoms with E-state index in [1.54, 1.807) is 13.8 Å². The smallest absolute Gasteiger partial charge is 0.348 e. The van der Waals surface area contributed by atoms with E-state index in [1.165, 1.54) is 10.9 Å². The molecule has 0 aliphatic heterocycles. The molecule has 0 unspecified atom stereocenters. The number of rotatable bonds is 7. The highest BCUT2D eigenvalue weighted by molar-refractivity contribution is 7.20. The van der Waals surface area contributed by atoms with Crippen LogP contribution in [0.2, 0.25) is 0 Å². The third-order valence-electron chi connectivity index (χ3n) is 3.51. The second-order valence-corrected chi connectivity index (χ2v) is 7.03. The fraction of sp³-hybridized carbons (Fsp3) is 0.529. The second-order valence-electron chi connectivity index (χ2n) is 6.03. The Labute approximate surface area is 149 Å². The predicted octanol–water partition coefficient (Wildman–Crippen LogP) is 2.53. The minimum atomic E-state index is -0.438. The molecule has 0 aliphatic rings. The van der Waals surface area contributed by atoms with Gasteiger partial charge in [0.15, 0.2) is 0 Å². The van der Waals surface area contributed by atoms with Crippen molar-refractivity contribution in [2.24, 2.45) is 5.92 Å². The summed E-state index contributed by atoms with van der Waals surface area (Å²) in [7, 11) is 0. The highest BCUT2D eigenvalue weighted by Crippen LogP contribution is 2.27. The standard InChI is InChI=1S/C17H22N2O5S/c1-5-23-12(20)6-7-19-9-18-15-13(16(19)21)11(4)14(25-15)17(22)24-8-10(2)3/h9-10H,5-8H2,1-4H3. The maximum Gasteiger partial charge on any atom is 0.348 e. The lowest BCUT2D eigenvalue weighted by Gasteiger charge is -2.06. The summed E-state index contributed by atoms with van der Waals surface area (Å²) in [6.07, 6.45) is 1.48. The maximum absolute atomic E-state index is 12.6. The van der Waals surface area contributed by atoms with Crippen LogP contribution in [-0.2, 0) is 20.8 Å². The van der Waals surface area contributed by atoms with E-state index in [2.05, 4.69) is 4.98 Å². The third kappa shape index (κ3) is 4.45. The van der Waals surface area contributed by atoms with E-state index in [0.717, 1.165) is 11.3 Å². The van der Waals surface area contributed by atoms with Crippen LogP contribution in [0.15, 0.2) is 11.1 Å². The van der Waals surface area contributed by atoms with Crippen molar-refractivity contribution in [2.45, 2.75) is 40.7 Å². The van der Waals surface area contributed by atoms with Gasteiger partial charge in [0.05, 0.1) is 31.3 Å². The summed E-state index contributed by atoms with van der Waals surface area (Å²) in [5, 5.41) is 0.396. The summed E-state index contributed by atoms with van der Waals surface area (Å²) < 4.78 is 11.5. The zero-order valence-electron chi connectivity index (χ0n) is 14.8. The van der Waals surface area contributed by atoms with Gasteiger partial charge in [0.2, 0.25) is 0 Å². The van der Waals surface area contributed by atoms with Gasteiger partial charge in [0.1, 0.15) is 9.71 Å². The zero-order valence-corrected chi connectivity index (χ0v) is 15.6. The first-order valence-electron chi connectivity index (χ1n) is 8.16. The third-order valence-corrected chi connectivity index (χ3v) is 4.69. The van der Waals surface area contributed by atoms with Crippen molar-refractivity contribution < 1.29 is 19.1 Å². The molecule has 2 aromatic rings. The van der Waals surface area contributed by atoms with Crippen LogP contribution in [-0.4, -0.2) is 34.7 Å². The van der Waals surface area contributed by atoms with E-state index in [1.807, 2.05) is 13.8 Å². The van der Waals surface area contributed by atoms with E-state index < -0.39 is 5.97 Å². The number of aryl methyl sites for hydroxylation is 2. The summed E-state index contributed by atoms with van der Waals surface area (Å²) in [5.41, 5.74) is 0.294. The van der Waals surface area contributed by atoms with E-state index in [4.69, 9.17) is 9.47 Å². The number of esters is 2. The van der Waals surface area contributed by atoms with Gasteiger partial charge < -0.3 is 9.47 Å². The molecule has 0 N–H and O–H groups in total. The average molecular weight is 366 g/mol. The molecule has 25 heavy (non-hydrogen) atoms. The topological polar surface area (TPSA) is 87.5 Å². The Balaban J connectivity index is 2.28. The summed E-state index contributed by atoms with van der Waals surface area (Å²) in [6.45, 7) is 8.16. The molecule has 0 aliphatic carbocycles. The van der Waals surface area contributed by atoms with Gasteiger partial charge in [-0.2, -0.15) is 0 Å². The number of ether oxygens (including phenoxy) is 2. The average Bonchev–Trinajstić information content (AvgIpc) is 2.90. The Bertz CT molecular complexity index is 837. The largest absolute Gasteiger partial charge is 0.466 e. The first-order chi connectivity index (χ1) is 11.8. The number of nitrogens with zero attached hydrogens (tertiary/aromatic N) is 2. The molecule has 0 radical (unpaired) electrons. The Morgan fingerprint density at radius 3 is 2.68 bits per heavy atom. The highest BCUT2D eigenvalue weighted by Gasteiger charge is 2.21. The van der Waals surface area contributed by atoms with E-state index in [0.29, 0.717) is 33.9 Å². The molecule has 2 heterocycles. The predicted molar refractivity (Wildman–Crippen MR) is 95.0 cm³/mol. The highest BCUT2D eigenvalue weighted by atomic mass is 32.1. The van der Waals surface area contributed by atoms with Crippen LogP contribution in [0.5, 0.6) is 0 Å². The monoisotopic (exact) mass is 366 g/mol. The summed E-state index contributed by atoms with van der Waals surface area (Å²) >= 11 is 1.15. The van der Waals surface area contributed by atoms with Crippen LogP contribution in [0.3, 0.4) is 0 Å². The Hall–Kier alpha value is -2.22. The van der Waals surface area contributed by atoms with Crippen molar-refractivity contribution in [3.8, 4) is 0 Å². The quantitative estimate of drug-likeness (QED) is 0.700. The molecule has 2 rings (SSSR count). The number of carbonyl (C=O) groups is 2. The van der Waals surface area contributed by atoms with Crippen LogP contribution in [0.4, 0.5) is 0 Å². The zero-order chi connectivity index (χ0) is 18.6. The molecular weight excluding hydrogens is 344 g/mol. The lowest BCUT2D eigenvalue weighted by Crippen LogP contribution is -2.22. The van der Waals surface area contributed by atoms with Crippen LogP contribution in [0, 0.1) is 12.8 Å². The number of hydrogen-bond donors (Lipinski definition) is 0. The van der Waals surface area contributed by atoms with Gasteiger partial charge in [-0.05, 0) is 25.3 Å². The number of fused-ring (bicyclic) bond motifs is 1. The van der Waals surface area contributed by atoms with Crippen molar-refractivity contribution in [3.63, 3.8) is 0 Å². The van der Waals surface area contributed by atoms with Crippen molar-refractivity contribution in [3.05, 3.63) is 27.1 Å². The molecule has 0 saturated carbocycles. The molecule has 0 aromatic carbocycles. The Kier molecular flexibility index (Phi) is 6.30. The Morgan fingerprint density at radius 1 is 1.32 bits per heavy atom. The van der Waals surface area contributed by atoms with Gasteiger partial charge in [-0.25, -0.2) is 9.78 Å². The lowest BCUT2D eigenvalue weighted by molar-refractivity contribution is -0.143. The first-order valence-corrected chi connectivity index (χ1v) is 8.98. The fourth-order valence-electron chi connectivity index (χ4n) is 2.27. The summed E-state index contributed by atoms with van der Waals surface area (Å²) in [6, 6.07) is 0. The first kappa shape index (κ1) is 19.1. The van der Waals surface area contributed by atoms with Gasteiger partial charge in [-0.3, -0.25) is 14.2 Å². The maximum atomic E-state index is 12.6. The van der Waals surface area contributed by atoms with Crippen LogP contribution in [0.1, 0.15) is 42.4 Å². The van der Waals surface area contributed by atoms with Gasteiger partial charge >= 0.3 is 11.9 Å². The molecule has 136 valence electrons. The van der Waals surface area contributed by atoms with E-state index in [9.17, 15) is 14.4 Å². The van der Waals surface area contributed by atoms with Crippen LogP contribution < -0.4 is 5.56 Å². The van der Waals surface area contributed by atoms with Crippen molar-refractivity contribution in [1.82, 2.24) is 9.55 Å². The lowest BCUT2D eigenvalue weighted by atomic mass is 10.2. The van der Waals surface area contributed by atoms with Crippen molar-refractivity contribution >= 4 is 33.5 Å². The second kappa shape index (κ2) is 8.24. The minimum Gasteiger partial charge on any atom is -0.466 e. The molecule has 0 atom stereocenters. The molecule has 8 heteroatoms. The summed E-state index contributed by atoms with van der Waals surface area (Å²) in [4.78, 5) is 41.5. The van der Waals surface area contributed by atoms with E-state index in [-0.39, 0.29) is 30.4 Å². The van der Waals surface area contributed by atoms with Gasteiger partial charge in [0, 0.05) is 6.54 Å². The number of thiophene rings is 1. The molecule has 2 aromatic heterocycles. The molecule has 0 fully saturated rings. The number of carbonyl (C=O) groups excluding carboxylic acids is 2. The summed E-state index contributed by atoms with van der Waals surface area (Å²) in [5.74, 6) is -0.571. The van der Waals surface area contributed by atoms with Crippen molar-refractivity contribution in [2.75, 3.05) is 13.2 Å². The van der Waals surface area contributed by atoms with Gasteiger partial charge in [-0.1, -0.05) is 13.8 Å². The number of hydrogen-bond acceptors (Lipinski definition) is 7. The van der Waals surface area contributed by atoms with Crippen LogP contribution in [0.25, 0.3) is 10.2 Å². The molecule has 7 nitrogen and oxygen atoms in total. The minimum absolute atomic E-state index is 0.0907. The van der Waals surface area contributed by atoms with Crippen LogP contribution >= 0.6 is 11.3 Å². The Morgan fingerprint density at radius 2 is 2.04 bits per heavy atom. The molecule has 0 amide bonds. The molecular formula is C17H22N2O5S. The van der Waals surface area contributed by atoms with Gasteiger partial charge in [-0.15, -0.1) is 11.3 Å². The number of aromatic nitrogens is 2. The fourth-order valence-corrected chi connectivity index (χ4v) is 3.30.